The Morgan fingerprint density at radius 3 is 2.54 bits per heavy atom. The molecule has 1 aromatic heterocycles. The molecule has 1 amide bonds. The van der Waals surface area contributed by atoms with Crippen LogP contribution in [-0.4, -0.2) is 56.6 Å². The van der Waals surface area contributed by atoms with Crippen molar-refractivity contribution < 1.29 is 9.72 Å². The number of benzene rings is 1. The summed E-state index contributed by atoms with van der Waals surface area (Å²) in [5.74, 6) is -0.271. The highest BCUT2D eigenvalue weighted by Crippen LogP contribution is 2.21. The second-order valence-corrected chi connectivity index (χ2v) is 6.44. The van der Waals surface area contributed by atoms with Gasteiger partial charge in [0.2, 0.25) is 0 Å². The van der Waals surface area contributed by atoms with Crippen molar-refractivity contribution >= 4 is 11.6 Å². The number of aryl methyl sites for hydroxylation is 2. The summed E-state index contributed by atoms with van der Waals surface area (Å²) in [6, 6.07) is 6.13. The molecule has 0 bridgehead atoms. The van der Waals surface area contributed by atoms with E-state index in [4.69, 9.17) is 0 Å². The summed E-state index contributed by atoms with van der Waals surface area (Å²) in [6.07, 6.45) is 2.07. The molecule has 1 saturated heterocycles. The Hall–Kier alpha value is -2.74. The number of nitro groups is 1. The van der Waals surface area contributed by atoms with Crippen LogP contribution in [0.2, 0.25) is 0 Å². The number of nitro benzene ring substituents is 1. The molecule has 1 fully saturated rings. The summed E-state index contributed by atoms with van der Waals surface area (Å²) in [5, 5.41) is 15.6. The molecule has 0 radical (unpaired) electrons. The SMILES string of the molecule is CCn1cc(CN2CCN(C(=O)c3ccccc3[N+](=O)[O-])CC2)c(C)n1. The zero-order valence-corrected chi connectivity index (χ0v) is 15.1. The summed E-state index contributed by atoms with van der Waals surface area (Å²) >= 11 is 0. The molecule has 0 spiro atoms. The Kier molecular flexibility index (Phi) is 5.32. The molecule has 1 aliphatic rings. The molecule has 1 aliphatic heterocycles. The van der Waals surface area contributed by atoms with Gasteiger partial charge in [-0.05, 0) is 19.9 Å². The van der Waals surface area contributed by atoms with E-state index in [1.807, 2.05) is 11.6 Å². The van der Waals surface area contributed by atoms with E-state index in [9.17, 15) is 14.9 Å². The number of amides is 1. The summed E-state index contributed by atoms with van der Waals surface area (Å²) < 4.78 is 1.93. The molecule has 1 aromatic carbocycles. The monoisotopic (exact) mass is 357 g/mol. The largest absolute Gasteiger partial charge is 0.336 e. The molecule has 0 aliphatic carbocycles. The maximum atomic E-state index is 12.7. The van der Waals surface area contributed by atoms with Crippen molar-refractivity contribution in [3.63, 3.8) is 0 Å². The number of rotatable bonds is 5. The lowest BCUT2D eigenvalue weighted by Gasteiger charge is -2.34. The lowest BCUT2D eigenvalue weighted by Crippen LogP contribution is -2.48. The van der Waals surface area contributed by atoms with Crippen LogP contribution in [0.5, 0.6) is 0 Å². The van der Waals surface area contributed by atoms with Gasteiger partial charge in [0.1, 0.15) is 5.56 Å². The standard InChI is InChI=1S/C18H23N5O3/c1-3-22-13-15(14(2)19-22)12-20-8-10-21(11-9-20)18(24)16-6-4-5-7-17(16)23(25)26/h4-7,13H,3,8-12H2,1-2H3. The van der Waals surface area contributed by atoms with E-state index in [2.05, 4.69) is 23.1 Å². The fraction of sp³-hybridized carbons (Fsp3) is 0.444. The number of nitrogens with zero attached hydrogens (tertiary/aromatic N) is 5. The van der Waals surface area contributed by atoms with Gasteiger partial charge in [-0.25, -0.2) is 0 Å². The van der Waals surface area contributed by atoms with Gasteiger partial charge in [-0.2, -0.15) is 5.10 Å². The van der Waals surface area contributed by atoms with E-state index in [1.54, 1.807) is 17.0 Å². The van der Waals surface area contributed by atoms with Crippen LogP contribution >= 0.6 is 0 Å². The molecule has 3 rings (SSSR count). The molecule has 2 heterocycles. The van der Waals surface area contributed by atoms with Gasteiger partial charge in [-0.3, -0.25) is 24.5 Å². The van der Waals surface area contributed by atoms with Crippen LogP contribution < -0.4 is 0 Å². The van der Waals surface area contributed by atoms with Crippen LogP contribution in [0.25, 0.3) is 0 Å². The van der Waals surface area contributed by atoms with Crippen LogP contribution in [0, 0.1) is 17.0 Å². The highest BCUT2D eigenvalue weighted by atomic mass is 16.6. The zero-order valence-electron chi connectivity index (χ0n) is 15.1. The van der Waals surface area contributed by atoms with Crippen molar-refractivity contribution in [2.45, 2.75) is 26.9 Å². The third-order valence-corrected chi connectivity index (χ3v) is 4.76. The first-order valence-corrected chi connectivity index (χ1v) is 8.77. The van der Waals surface area contributed by atoms with Crippen LogP contribution in [0.1, 0.15) is 28.5 Å². The maximum absolute atomic E-state index is 12.7. The fourth-order valence-corrected chi connectivity index (χ4v) is 3.21. The molecule has 0 unspecified atom stereocenters. The summed E-state index contributed by atoms with van der Waals surface area (Å²) in [5.41, 5.74) is 2.25. The minimum atomic E-state index is -0.502. The van der Waals surface area contributed by atoms with Gasteiger partial charge in [0, 0.05) is 57.1 Å². The Labute approximate surface area is 152 Å². The topological polar surface area (TPSA) is 84.5 Å². The summed E-state index contributed by atoms with van der Waals surface area (Å²) in [7, 11) is 0. The number of carbonyl (C=O) groups is 1. The maximum Gasteiger partial charge on any atom is 0.282 e. The van der Waals surface area contributed by atoms with E-state index in [0.717, 1.165) is 31.9 Å². The number of aromatic nitrogens is 2. The van der Waals surface area contributed by atoms with E-state index in [0.29, 0.717) is 13.1 Å². The number of hydrogen-bond donors (Lipinski definition) is 0. The second kappa shape index (κ2) is 7.65. The van der Waals surface area contributed by atoms with Crippen LogP contribution in [0.4, 0.5) is 5.69 Å². The van der Waals surface area contributed by atoms with E-state index >= 15 is 0 Å². The van der Waals surface area contributed by atoms with Gasteiger partial charge >= 0.3 is 0 Å². The van der Waals surface area contributed by atoms with Crippen molar-refractivity contribution in [3.8, 4) is 0 Å². The molecule has 138 valence electrons. The number of hydrogen-bond acceptors (Lipinski definition) is 5. The average molecular weight is 357 g/mol. The zero-order chi connectivity index (χ0) is 18.7. The summed E-state index contributed by atoms with van der Waals surface area (Å²) in [4.78, 5) is 27.3. The van der Waals surface area contributed by atoms with Crippen LogP contribution in [0.3, 0.4) is 0 Å². The first kappa shape index (κ1) is 18.1. The molecule has 8 nitrogen and oxygen atoms in total. The predicted molar refractivity (Wildman–Crippen MR) is 96.9 cm³/mol. The molecule has 2 aromatic rings. The lowest BCUT2D eigenvalue weighted by molar-refractivity contribution is -0.385. The quantitative estimate of drug-likeness (QED) is 0.604. The molecular formula is C18H23N5O3. The van der Waals surface area contributed by atoms with E-state index in [-0.39, 0.29) is 17.2 Å². The predicted octanol–water partition coefficient (Wildman–Crippen LogP) is 2.08. The van der Waals surface area contributed by atoms with Crippen LogP contribution in [0.15, 0.2) is 30.5 Å². The first-order chi connectivity index (χ1) is 12.5. The molecule has 0 atom stereocenters. The molecule has 0 saturated carbocycles. The Bertz CT molecular complexity index is 809. The van der Waals surface area contributed by atoms with Crippen molar-refractivity contribution in [2.24, 2.45) is 0 Å². The van der Waals surface area contributed by atoms with Crippen molar-refractivity contribution in [1.82, 2.24) is 19.6 Å². The number of para-hydroxylation sites is 1. The van der Waals surface area contributed by atoms with Crippen molar-refractivity contribution in [2.75, 3.05) is 26.2 Å². The average Bonchev–Trinajstić information content (AvgIpc) is 3.01. The highest BCUT2D eigenvalue weighted by molar-refractivity contribution is 5.98. The minimum absolute atomic E-state index is 0.137. The van der Waals surface area contributed by atoms with Crippen molar-refractivity contribution in [1.29, 1.82) is 0 Å². The normalized spacial score (nSPS) is 15.2. The first-order valence-electron chi connectivity index (χ1n) is 8.77. The molecule has 0 N–H and O–H groups in total. The molecule has 26 heavy (non-hydrogen) atoms. The van der Waals surface area contributed by atoms with Crippen LogP contribution in [-0.2, 0) is 13.1 Å². The fourth-order valence-electron chi connectivity index (χ4n) is 3.21. The van der Waals surface area contributed by atoms with Gasteiger partial charge in [0.15, 0.2) is 0 Å². The third-order valence-electron chi connectivity index (χ3n) is 4.76. The smallest absolute Gasteiger partial charge is 0.282 e. The Morgan fingerprint density at radius 2 is 1.92 bits per heavy atom. The van der Waals surface area contributed by atoms with Gasteiger partial charge < -0.3 is 4.90 Å². The highest BCUT2D eigenvalue weighted by Gasteiger charge is 2.27. The van der Waals surface area contributed by atoms with E-state index < -0.39 is 4.92 Å². The number of piperazine rings is 1. The molecule has 8 heteroatoms. The molecular weight excluding hydrogens is 334 g/mol. The van der Waals surface area contributed by atoms with Gasteiger partial charge in [0.25, 0.3) is 11.6 Å². The third kappa shape index (κ3) is 3.75. The minimum Gasteiger partial charge on any atom is -0.336 e. The Morgan fingerprint density at radius 1 is 1.23 bits per heavy atom. The Balaban J connectivity index is 1.62. The van der Waals surface area contributed by atoms with E-state index in [1.165, 1.54) is 17.7 Å². The van der Waals surface area contributed by atoms with Gasteiger partial charge in [-0.15, -0.1) is 0 Å². The lowest BCUT2D eigenvalue weighted by atomic mass is 10.1. The van der Waals surface area contributed by atoms with Gasteiger partial charge in [0.05, 0.1) is 10.6 Å². The summed E-state index contributed by atoms with van der Waals surface area (Å²) in [6.45, 7) is 8.32. The second-order valence-electron chi connectivity index (χ2n) is 6.44. The van der Waals surface area contributed by atoms with Gasteiger partial charge in [-0.1, -0.05) is 12.1 Å². The number of carbonyl (C=O) groups excluding carboxylic acids is 1. The van der Waals surface area contributed by atoms with Crippen molar-refractivity contribution in [3.05, 3.63) is 57.4 Å².